The van der Waals surface area contributed by atoms with E-state index in [9.17, 15) is 4.79 Å². The molecule has 0 unspecified atom stereocenters. The van der Waals surface area contributed by atoms with Gasteiger partial charge in [-0.15, -0.1) is 11.3 Å². The number of thiophene rings is 1. The first-order valence-corrected chi connectivity index (χ1v) is 12.8. The van der Waals surface area contributed by atoms with E-state index in [1.54, 1.807) is 30.8 Å². The third kappa shape index (κ3) is 4.45. The molecule has 0 spiro atoms. The molecule has 1 saturated carbocycles. The van der Waals surface area contributed by atoms with Gasteiger partial charge in [-0.25, -0.2) is 0 Å². The Kier molecular flexibility index (Phi) is 6.63. The lowest BCUT2D eigenvalue weighted by molar-refractivity contribution is 0.0617. The number of carbonyl (C=O) groups excluding carboxylic acids is 1. The van der Waals surface area contributed by atoms with E-state index < -0.39 is 0 Å². The van der Waals surface area contributed by atoms with Gasteiger partial charge in [0.15, 0.2) is 0 Å². The number of fused-ring (bicyclic) bond motifs is 1. The predicted molar refractivity (Wildman–Crippen MR) is 140 cm³/mol. The van der Waals surface area contributed by atoms with Gasteiger partial charge in [-0.3, -0.25) is 9.78 Å². The second-order valence-electron chi connectivity index (χ2n) is 9.04. The van der Waals surface area contributed by atoms with Crippen LogP contribution in [0.1, 0.15) is 52.9 Å². The zero-order valence-electron chi connectivity index (χ0n) is 19.8. The van der Waals surface area contributed by atoms with Gasteiger partial charge in [0.2, 0.25) is 0 Å². The summed E-state index contributed by atoms with van der Waals surface area (Å²) in [4.78, 5) is 21.2. The number of amides is 1. The molecule has 174 valence electrons. The van der Waals surface area contributed by atoms with Crippen molar-refractivity contribution in [3.63, 3.8) is 0 Å². The maximum absolute atomic E-state index is 14.1. The molecule has 4 nitrogen and oxygen atoms in total. The first-order chi connectivity index (χ1) is 16.7. The summed E-state index contributed by atoms with van der Waals surface area (Å²) < 4.78 is 6.90. The highest BCUT2D eigenvalue weighted by molar-refractivity contribution is 7.21. The Morgan fingerprint density at radius 3 is 2.53 bits per heavy atom. The number of benzene rings is 2. The summed E-state index contributed by atoms with van der Waals surface area (Å²) in [7, 11) is 1.70. The molecule has 34 heavy (non-hydrogen) atoms. The Hall–Kier alpha value is -3.18. The SMILES string of the molecule is COc1ccc(-c2ccncc2)cc1CN(C(=O)c1sc2ccccc2c1C)C1CCCCC1. The van der Waals surface area contributed by atoms with Crippen LogP contribution in [0.25, 0.3) is 21.2 Å². The number of pyridine rings is 1. The van der Waals surface area contributed by atoms with Crippen LogP contribution in [0, 0.1) is 6.92 Å². The highest BCUT2D eigenvalue weighted by Gasteiger charge is 2.29. The predicted octanol–water partition coefficient (Wildman–Crippen LogP) is 7.26. The van der Waals surface area contributed by atoms with Gasteiger partial charge in [-0.05, 0) is 72.2 Å². The van der Waals surface area contributed by atoms with Crippen molar-refractivity contribution in [2.75, 3.05) is 7.11 Å². The molecule has 0 radical (unpaired) electrons. The smallest absolute Gasteiger partial charge is 0.264 e. The van der Waals surface area contributed by atoms with Gasteiger partial charge < -0.3 is 9.64 Å². The molecule has 1 aliphatic rings. The lowest BCUT2D eigenvalue weighted by Gasteiger charge is -2.35. The number of aromatic nitrogens is 1. The maximum atomic E-state index is 14.1. The molecule has 0 bridgehead atoms. The highest BCUT2D eigenvalue weighted by Crippen LogP contribution is 2.35. The van der Waals surface area contributed by atoms with Crippen molar-refractivity contribution in [1.29, 1.82) is 0 Å². The second kappa shape index (κ2) is 9.98. The van der Waals surface area contributed by atoms with Crippen LogP contribution in [-0.4, -0.2) is 28.9 Å². The Bertz CT molecular complexity index is 1290. The maximum Gasteiger partial charge on any atom is 0.264 e. The van der Waals surface area contributed by atoms with Crippen molar-refractivity contribution in [2.24, 2.45) is 0 Å². The van der Waals surface area contributed by atoms with Crippen molar-refractivity contribution in [2.45, 2.75) is 51.6 Å². The van der Waals surface area contributed by atoms with Gasteiger partial charge in [0.1, 0.15) is 5.75 Å². The number of carbonyl (C=O) groups is 1. The molecule has 0 aliphatic heterocycles. The summed E-state index contributed by atoms with van der Waals surface area (Å²) >= 11 is 1.62. The molecule has 4 aromatic rings. The molecule has 5 heteroatoms. The summed E-state index contributed by atoms with van der Waals surface area (Å²) in [5.41, 5.74) is 4.33. The van der Waals surface area contributed by atoms with Crippen molar-refractivity contribution >= 4 is 27.3 Å². The number of nitrogens with zero attached hydrogens (tertiary/aromatic N) is 2. The third-order valence-electron chi connectivity index (χ3n) is 6.95. The van der Waals surface area contributed by atoms with E-state index in [-0.39, 0.29) is 11.9 Å². The number of aryl methyl sites for hydroxylation is 1. The minimum Gasteiger partial charge on any atom is -0.496 e. The molecule has 2 aromatic carbocycles. The number of hydrogen-bond donors (Lipinski definition) is 0. The Morgan fingerprint density at radius 1 is 1.03 bits per heavy atom. The van der Waals surface area contributed by atoms with E-state index >= 15 is 0 Å². The Labute approximate surface area is 205 Å². The molecular formula is C29H30N2O2S. The van der Waals surface area contributed by atoms with Gasteiger partial charge in [0, 0.05) is 35.2 Å². The number of rotatable bonds is 6. The monoisotopic (exact) mass is 470 g/mol. The minimum atomic E-state index is 0.141. The average molecular weight is 471 g/mol. The number of methoxy groups -OCH3 is 1. The van der Waals surface area contributed by atoms with Crippen molar-refractivity contribution in [3.8, 4) is 16.9 Å². The van der Waals surface area contributed by atoms with E-state index in [2.05, 4.69) is 41.1 Å². The molecule has 0 saturated heterocycles. The Morgan fingerprint density at radius 2 is 1.79 bits per heavy atom. The van der Waals surface area contributed by atoms with Gasteiger partial charge in [0.25, 0.3) is 5.91 Å². The lowest BCUT2D eigenvalue weighted by Crippen LogP contribution is -2.41. The third-order valence-corrected chi connectivity index (χ3v) is 8.21. The van der Waals surface area contributed by atoms with Crippen LogP contribution >= 0.6 is 11.3 Å². The lowest BCUT2D eigenvalue weighted by atomic mass is 9.93. The molecule has 1 aliphatic carbocycles. The Balaban J connectivity index is 1.54. The van der Waals surface area contributed by atoms with Crippen LogP contribution < -0.4 is 4.74 Å². The highest BCUT2D eigenvalue weighted by atomic mass is 32.1. The van der Waals surface area contributed by atoms with Crippen LogP contribution in [0.5, 0.6) is 5.75 Å². The van der Waals surface area contributed by atoms with E-state index in [1.807, 2.05) is 30.3 Å². The average Bonchev–Trinajstić information content (AvgIpc) is 3.24. The van der Waals surface area contributed by atoms with Crippen LogP contribution in [0.15, 0.2) is 67.0 Å². The molecule has 0 atom stereocenters. The van der Waals surface area contributed by atoms with Crippen LogP contribution in [0.3, 0.4) is 0 Å². The number of hydrogen-bond acceptors (Lipinski definition) is 4. The molecular weight excluding hydrogens is 440 g/mol. The second-order valence-corrected chi connectivity index (χ2v) is 10.1. The summed E-state index contributed by atoms with van der Waals surface area (Å²) in [5, 5.41) is 1.18. The molecule has 2 heterocycles. The van der Waals surface area contributed by atoms with Crippen molar-refractivity contribution in [3.05, 3.63) is 83.0 Å². The van der Waals surface area contributed by atoms with E-state index in [4.69, 9.17) is 4.74 Å². The summed E-state index contributed by atoms with van der Waals surface area (Å²) in [6.45, 7) is 2.62. The van der Waals surface area contributed by atoms with Gasteiger partial charge >= 0.3 is 0 Å². The van der Waals surface area contributed by atoms with Crippen LogP contribution in [-0.2, 0) is 6.54 Å². The fourth-order valence-electron chi connectivity index (χ4n) is 5.08. The summed E-state index contributed by atoms with van der Waals surface area (Å²) in [5.74, 6) is 0.960. The normalized spacial score (nSPS) is 14.3. The topological polar surface area (TPSA) is 42.4 Å². The van der Waals surface area contributed by atoms with Gasteiger partial charge in [-0.1, -0.05) is 43.5 Å². The molecule has 1 amide bonds. The summed E-state index contributed by atoms with van der Waals surface area (Å²) in [6, 6.07) is 18.8. The first kappa shape index (κ1) is 22.6. The van der Waals surface area contributed by atoms with Crippen molar-refractivity contribution in [1.82, 2.24) is 9.88 Å². The number of ether oxygens (including phenoxy) is 1. The van der Waals surface area contributed by atoms with E-state index in [0.29, 0.717) is 6.54 Å². The van der Waals surface area contributed by atoms with Crippen LogP contribution in [0.4, 0.5) is 0 Å². The minimum absolute atomic E-state index is 0.141. The van der Waals surface area contributed by atoms with E-state index in [0.717, 1.165) is 45.7 Å². The first-order valence-electron chi connectivity index (χ1n) is 12.0. The zero-order chi connectivity index (χ0) is 23.5. The fourth-order valence-corrected chi connectivity index (χ4v) is 6.24. The van der Waals surface area contributed by atoms with E-state index in [1.165, 1.54) is 29.3 Å². The van der Waals surface area contributed by atoms with Crippen LogP contribution in [0.2, 0.25) is 0 Å². The zero-order valence-corrected chi connectivity index (χ0v) is 20.6. The largest absolute Gasteiger partial charge is 0.496 e. The standard InChI is InChI=1S/C29H30N2O2S/c1-20-25-10-6-7-11-27(25)34-28(20)29(32)31(24-8-4-3-5-9-24)19-23-18-22(12-13-26(23)33-2)21-14-16-30-17-15-21/h6-7,10-18,24H,3-5,8-9,19H2,1-2H3. The summed E-state index contributed by atoms with van der Waals surface area (Å²) in [6.07, 6.45) is 9.33. The molecule has 1 fully saturated rings. The quantitative estimate of drug-likeness (QED) is 0.298. The van der Waals surface area contributed by atoms with Gasteiger partial charge in [-0.2, -0.15) is 0 Å². The van der Waals surface area contributed by atoms with Crippen molar-refractivity contribution < 1.29 is 9.53 Å². The molecule has 5 rings (SSSR count). The fraction of sp³-hybridized carbons (Fsp3) is 0.310. The molecule has 2 aromatic heterocycles. The van der Waals surface area contributed by atoms with Gasteiger partial charge in [0.05, 0.1) is 12.0 Å². The molecule has 0 N–H and O–H groups in total.